The van der Waals surface area contributed by atoms with E-state index in [0.717, 1.165) is 11.3 Å². The number of aryl methyl sites for hydroxylation is 1. The smallest absolute Gasteiger partial charge is 0.255 e. The average Bonchev–Trinajstić information content (AvgIpc) is 2.63. The fraction of sp³-hybridized carbons (Fsp3) is 0.250. The van der Waals surface area contributed by atoms with Crippen LogP contribution in [0.25, 0.3) is 0 Å². The SMILES string of the molecule is Cc1nc(NS(=O)(=O)c2c(Cl)cc(Cl)cc2Cl)sc1CC(Cl)(Cl)Cl. The minimum atomic E-state index is -4.06. The fourth-order valence-electron chi connectivity index (χ4n) is 1.77. The predicted molar refractivity (Wildman–Crippen MR) is 103 cm³/mol. The molecule has 0 radical (unpaired) electrons. The third-order valence-corrected chi connectivity index (χ3v) is 6.79. The monoisotopic (exact) mass is 486 g/mol. The van der Waals surface area contributed by atoms with Gasteiger partial charge in [-0.3, -0.25) is 4.72 Å². The van der Waals surface area contributed by atoms with Gasteiger partial charge in [0.1, 0.15) is 4.90 Å². The van der Waals surface area contributed by atoms with Gasteiger partial charge in [0.25, 0.3) is 10.0 Å². The maximum absolute atomic E-state index is 12.5. The number of nitrogens with one attached hydrogen (secondary N) is 1. The van der Waals surface area contributed by atoms with Gasteiger partial charge in [-0.1, -0.05) is 69.6 Å². The molecule has 0 aliphatic heterocycles. The highest BCUT2D eigenvalue weighted by atomic mass is 35.6. The van der Waals surface area contributed by atoms with E-state index in [9.17, 15) is 8.42 Å². The molecule has 0 atom stereocenters. The number of hydrogen-bond acceptors (Lipinski definition) is 4. The molecule has 0 amide bonds. The van der Waals surface area contributed by atoms with Gasteiger partial charge in [-0.25, -0.2) is 13.4 Å². The molecule has 1 aromatic heterocycles. The molecule has 1 aromatic carbocycles. The van der Waals surface area contributed by atoms with Crippen molar-refractivity contribution in [2.45, 2.75) is 22.0 Å². The Morgan fingerprint density at radius 3 is 2.21 bits per heavy atom. The average molecular weight is 489 g/mol. The van der Waals surface area contributed by atoms with E-state index in [2.05, 4.69) is 9.71 Å². The Hall–Kier alpha value is 0.340. The Morgan fingerprint density at radius 2 is 1.71 bits per heavy atom. The molecule has 132 valence electrons. The molecule has 0 unspecified atom stereocenters. The lowest BCUT2D eigenvalue weighted by Gasteiger charge is -2.09. The van der Waals surface area contributed by atoms with Gasteiger partial charge in [-0.05, 0) is 19.1 Å². The van der Waals surface area contributed by atoms with E-state index in [4.69, 9.17) is 69.6 Å². The van der Waals surface area contributed by atoms with Crippen LogP contribution in [0.3, 0.4) is 0 Å². The van der Waals surface area contributed by atoms with Gasteiger partial charge >= 0.3 is 0 Å². The number of hydrogen-bond donors (Lipinski definition) is 1. The second-order valence-electron chi connectivity index (χ2n) is 4.62. The normalized spacial score (nSPS) is 12.5. The van der Waals surface area contributed by atoms with Crippen molar-refractivity contribution in [3.63, 3.8) is 0 Å². The standard InChI is InChI=1S/C12H8Cl6N2O2S2/c1-5-9(4-12(16,17)18)23-11(19-5)20-24(21,22)10-7(14)2-6(13)3-8(10)15/h2-3H,4H2,1H3,(H,19,20). The molecule has 1 N–H and O–H groups in total. The highest BCUT2D eigenvalue weighted by Gasteiger charge is 2.27. The zero-order valence-corrected chi connectivity index (χ0v) is 17.9. The van der Waals surface area contributed by atoms with E-state index in [1.807, 2.05) is 0 Å². The Kier molecular flexibility index (Phi) is 6.48. The highest BCUT2D eigenvalue weighted by Crippen LogP contribution is 2.37. The molecule has 4 nitrogen and oxygen atoms in total. The van der Waals surface area contributed by atoms with Crippen LogP contribution in [0, 0.1) is 6.92 Å². The van der Waals surface area contributed by atoms with Crippen LogP contribution >= 0.6 is 80.9 Å². The molecule has 1 heterocycles. The summed E-state index contributed by atoms with van der Waals surface area (Å²) < 4.78 is 25.9. The van der Waals surface area contributed by atoms with Crippen LogP contribution in [0.5, 0.6) is 0 Å². The number of halogens is 6. The Bertz CT molecular complexity index is 853. The third-order valence-electron chi connectivity index (χ3n) is 2.71. The molecule has 24 heavy (non-hydrogen) atoms. The number of benzene rings is 1. The van der Waals surface area contributed by atoms with Gasteiger partial charge in [-0.2, -0.15) is 0 Å². The molecule has 0 spiro atoms. The van der Waals surface area contributed by atoms with E-state index in [1.54, 1.807) is 6.92 Å². The first-order chi connectivity index (χ1) is 10.9. The zero-order chi connectivity index (χ0) is 18.3. The first kappa shape index (κ1) is 20.6. The van der Waals surface area contributed by atoms with Crippen molar-refractivity contribution >= 4 is 96.1 Å². The maximum Gasteiger partial charge on any atom is 0.266 e. The number of thiazole rings is 1. The van der Waals surface area contributed by atoms with Gasteiger partial charge in [-0.15, -0.1) is 11.3 Å². The molecule has 0 bridgehead atoms. The van der Waals surface area contributed by atoms with E-state index in [-0.39, 0.29) is 31.5 Å². The van der Waals surface area contributed by atoms with Crippen LogP contribution in [-0.4, -0.2) is 17.2 Å². The lowest BCUT2D eigenvalue weighted by molar-refractivity contribution is 0.601. The molecule has 0 fully saturated rings. The van der Waals surface area contributed by atoms with Crippen molar-refractivity contribution < 1.29 is 8.42 Å². The lowest BCUT2D eigenvalue weighted by Crippen LogP contribution is -2.14. The quantitative estimate of drug-likeness (QED) is 0.527. The van der Waals surface area contributed by atoms with Crippen LogP contribution in [0.1, 0.15) is 10.6 Å². The van der Waals surface area contributed by atoms with Gasteiger partial charge in [0.2, 0.25) is 0 Å². The number of nitrogens with zero attached hydrogens (tertiary/aromatic N) is 1. The number of aromatic nitrogens is 1. The summed E-state index contributed by atoms with van der Waals surface area (Å²) in [7, 11) is -4.06. The molecular formula is C12H8Cl6N2O2S2. The van der Waals surface area contributed by atoms with E-state index < -0.39 is 13.8 Å². The summed E-state index contributed by atoms with van der Waals surface area (Å²) >= 11 is 36.0. The Labute approximate surface area is 173 Å². The fourth-order valence-corrected chi connectivity index (χ4v) is 6.24. The number of rotatable bonds is 4. The number of alkyl halides is 3. The van der Waals surface area contributed by atoms with Gasteiger partial charge in [0.05, 0.1) is 15.7 Å². The van der Waals surface area contributed by atoms with Gasteiger partial charge in [0.15, 0.2) is 8.92 Å². The predicted octanol–water partition coefficient (Wildman–Crippen LogP) is 6.13. The van der Waals surface area contributed by atoms with Crippen molar-refractivity contribution in [2.75, 3.05) is 4.72 Å². The first-order valence-electron chi connectivity index (χ1n) is 6.09. The van der Waals surface area contributed by atoms with Crippen LogP contribution in [0.2, 0.25) is 15.1 Å². The van der Waals surface area contributed by atoms with Crippen molar-refractivity contribution in [1.82, 2.24) is 4.98 Å². The topological polar surface area (TPSA) is 59.1 Å². The summed E-state index contributed by atoms with van der Waals surface area (Å²) in [6.45, 7) is 1.68. The summed E-state index contributed by atoms with van der Waals surface area (Å²) in [5.74, 6) is 0. The van der Waals surface area contributed by atoms with Gasteiger partial charge in [0, 0.05) is 16.3 Å². The minimum Gasteiger partial charge on any atom is -0.255 e. The molecular weight excluding hydrogens is 481 g/mol. The Balaban J connectivity index is 2.36. The minimum absolute atomic E-state index is 0.102. The highest BCUT2D eigenvalue weighted by molar-refractivity contribution is 7.93. The maximum atomic E-state index is 12.5. The van der Waals surface area contributed by atoms with E-state index in [1.165, 1.54) is 12.1 Å². The van der Waals surface area contributed by atoms with Crippen LogP contribution in [-0.2, 0) is 16.4 Å². The zero-order valence-electron chi connectivity index (χ0n) is 11.7. The summed E-state index contributed by atoms with van der Waals surface area (Å²) in [4.78, 5) is 4.48. The second-order valence-corrected chi connectivity index (χ2v) is 11.1. The summed E-state index contributed by atoms with van der Waals surface area (Å²) in [6.07, 6.45) is 0.103. The second kappa shape index (κ2) is 7.53. The van der Waals surface area contributed by atoms with Crippen molar-refractivity contribution in [1.29, 1.82) is 0 Å². The number of sulfonamides is 1. The van der Waals surface area contributed by atoms with Crippen molar-refractivity contribution in [2.24, 2.45) is 0 Å². The van der Waals surface area contributed by atoms with Crippen LogP contribution in [0.15, 0.2) is 17.0 Å². The molecule has 0 saturated heterocycles. The molecule has 0 saturated carbocycles. The summed E-state index contributed by atoms with van der Waals surface area (Å²) in [5, 5.41) is 0.127. The Morgan fingerprint density at radius 1 is 1.17 bits per heavy atom. The summed E-state index contributed by atoms with van der Waals surface area (Å²) in [6, 6.07) is 2.57. The molecule has 2 aromatic rings. The van der Waals surface area contributed by atoms with Crippen molar-refractivity contribution in [3.8, 4) is 0 Å². The van der Waals surface area contributed by atoms with Crippen LogP contribution < -0.4 is 4.72 Å². The molecule has 12 heteroatoms. The molecule has 0 aliphatic carbocycles. The van der Waals surface area contributed by atoms with E-state index >= 15 is 0 Å². The molecule has 0 aliphatic rings. The van der Waals surface area contributed by atoms with Crippen molar-refractivity contribution in [3.05, 3.63) is 37.8 Å². The largest absolute Gasteiger partial charge is 0.266 e. The van der Waals surface area contributed by atoms with Crippen LogP contribution in [0.4, 0.5) is 5.13 Å². The third kappa shape index (κ3) is 5.17. The number of anilines is 1. The van der Waals surface area contributed by atoms with E-state index in [0.29, 0.717) is 10.6 Å². The van der Waals surface area contributed by atoms with Gasteiger partial charge < -0.3 is 0 Å². The summed E-state index contributed by atoms with van der Waals surface area (Å²) in [5.41, 5.74) is 0.553. The molecule has 2 rings (SSSR count). The lowest BCUT2D eigenvalue weighted by atomic mass is 10.3. The first-order valence-corrected chi connectivity index (χ1v) is 10.7.